The minimum absolute atomic E-state index is 0.0615. The molecule has 2 atom stereocenters. The maximum Gasteiger partial charge on any atom is 0.329 e. The molecule has 1 aromatic rings. The van der Waals surface area contributed by atoms with Crippen molar-refractivity contribution in [2.75, 3.05) is 0 Å². The number of carboxylic acids is 1. The lowest BCUT2D eigenvalue weighted by Crippen LogP contribution is -2.44. The molecule has 98 valence electrons. The lowest BCUT2D eigenvalue weighted by Gasteiger charge is -2.20. The first-order valence-electron chi connectivity index (χ1n) is 5.02. The summed E-state index contributed by atoms with van der Waals surface area (Å²) in [5, 5.41) is 39.2. The van der Waals surface area contributed by atoms with Gasteiger partial charge in [-0.25, -0.2) is 4.79 Å². The van der Waals surface area contributed by atoms with Gasteiger partial charge in [0.25, 0.3) is 0 Å². The quantitative estimate of drug-likeness (QED) is 0.471. The number of aliphatic hydroxyl groups is 1. The van der Waals surface area contributed by atoms with Gasteiger partial charge in [-0.15, -0.1) is 0 Å². The summed E-state index contributed by atoms with van der Waals surface area (Å²) in [6.07, 6.45) is -1.54. The summed E-state index contributed by atoms with van der Waals surface area (Å²) in [6.45, 7) is 1.12. The average Bonchev–Trinajstić information content (AvgIpc) is 2.28. The number of carbonyl (C=O) groups excluding carboxylic acids is 1. The summed E-state index contributed by atoms with van der Waals surface area (Å²) in [7, 11) is 0. The van der Waals surface area contributed by atoms with Crippen molar-refractivity contribution in [3.63, 3.8) is 0 Å². The Bertz CT molecular complexity index is 473. The number of carbonyl (C=O) groups is 2. The van der Waals surface area contributed by atoms with Crippen molar-refractivity contribution in [1.82, 2.24) is 5.32 Å². The van der Waals surface area contributed by atoms with E-state index < -0.39 is 35.5 Å². The number of hydrogen-bond acceptors (Lipinski definition) is 5. The Morgan fingerprint density at radius 3 is 2.28 bits per heavy atom. The Labute approximate surface area is 102 Å². The Balaban J connectivity index is 3.01. The van der Waals surface area contributed by atoms with Gasteiger partial charge >= 0.3 is 5.97 Å². The van der Waals surface area contributed by atoms with Crippen molar-refractivity contribution in [3.8, 4) is 11.5 Å². The number of aromatic hydroxyl groups is 2. The molecule has 1 aromatic carbocycles. The summed E-state index contributed by atoms with van der Waals surface area (Å²) in [4.78, 5) is 21.8. The molecule has 0 saturated heterocycles. The lowest BCUT2D eigenvalue weighted by molar-refractivity contribution is -0.145. The second-order valence-corrected chi connectivity index (χ2v) is 3.71. The summed E-state index contributed by atoms with van der Waals surface area (Å²) in [6, 6.07) is 1.85. The van der Waals surface area contributed by atoms with Crippen LogP contribution in [0.15, 0.2) is 18.2 Å². The number of amides is 1. The van der Waals surface area contributed by atoms with Gasteiger partial charge in [0.1, 0.15) is 6.10 Å². The van der Waals surface area contributed by atoms with Crippen LogP contribution in [0.5, 0.6) is 11.5 Å². The van der Waals surface area contributed by atoms with Crippen molar-refractivity contribution in [3.05, 3.63) is 23.8 Å². The lowest BCUT2D eigenvalue weighted by atomic mass is 10.0. The van der Waals surface area contributed by atoms with Crippen LogP contribution in [0.2, 0.25) is 0 Å². The van der Waals surface area contributed by atoms with E-state index in [9.17, 15) is 19.8 Å². The molecule has 0 aliphatic heterocycles. The highest BCUT2D eigenvalue weighted by Gasteiger charge is 2.29. The molecule has 0 aromatic heterocycles. The van der Waals surface area contributed by atoms with Gasteiger partial charge in [0.15, 0.2) is 17.5 Å². The zero-order valence-corrected chi connectivity index (χ0v) is 9.49. The van der Waals surface area contributed by atoms with Crippen molar-refractivity contribution >= 4 is 11.9 Å². The molecule has 5 N–H and O–H groups in total. The highest BCUT2D eigenvalue weighted by atomic mass is 16.4. The molecule has 1 amide bonds. The second kappa shape index (κ2) is 5.37. The van der Waals surface area contributed by atoms with Gasteiger partial charge in [-0.1, -0.05) is 6.07 Å². The Morgan fingerprint density at radius 1 is 1.22 bits per heavy atom. The van der Waals surface area contributed by atoms with Crippen molar-refractivity contribution in [1.29, 1.82) is 0 Å². The first-order chi connectivity index (χ1) is 8.32. The highest BCUT2D eigenvalue weighted by Crippen LogP contribution is 2.28. The highest BCUT2D eigenvalue weighted by molar-refractivity contribution is 5.82. The van der Waals surface area contributed by atoms with Crippen LogP contribution in [-0.4, -0.2) is 38.3 Å². The molecule has 1 rings (SSSR count). The molecule has 0 spiro atoms. The standard InChI is InChI=1S/C11H13NO6/c1-5(13)12-9(11(17)18)10(16)6-2-3-7(14)8(15)4-6/h2-4,9-10,14-16H,1H3,(H,12,13)(H,17,18)/t9-,10?/m0/s1. The third-order valence-electron chi connectivity index (χ3n) is 2.28. The second-order valence-electron chi connectivity index (χ2n) is 3.71. The fraction of sp³-hybridized carbons (Fsp3) is 0.273. The molecule has 0 fully saturated rings. The molecule has 7 nitrogen and oxygen atoms in total. The monoisotopic (exact) mass is 255 g/mol. The van der Waals surface area contributed by atoms with Gasteiger partial charge in [0, 0.05) is 6.92 Å². The van der Waals surface area contributed by atoms with Gasteiger partial charge in [-0.05, 0) is 17.7 Å². The number of hydrogen-bond donors (Lipinski definition) is 5. The van der Waals surface area contributed by atoms with Gasteiger partial charge in [0.05, 0.1) is 0 Å². The molecular formula is C11H13NO6. The molecule has 0 saturated carbocycles. The third kappa shape index (κ3) is 3.11. The summed E-state index contributed by atoms with van der Waals surface area (Å²) in [5.74, 6) is -2.90. The van der Waals surface area contributed by atoms with E-state index in [0.29, 0.717) is 0 Å². The zero-order valence-electron chi connectivity index (χ0n) is 9.49. The van der Waals surface area contributed by atoms with Crippen LogP contribution in [0.3, 0.4) is 0 Å². The average molecular weight is 255 g/mol. The smallest absolute Gasteiger partial charge is 0.329 e. The van der Waals surface area contributed by atoms with Crippen molar-refractivity contribution < 1.29 is 30.0 Å². The Kier molecular flexibility index (Phi) is 4.11. The topological polar surface area (TPSA) is 127 Å². The SMILES string of the molecule is CC(=O)N[C@H](C(=O)O)C(O)c1ccc(O)c(O)c1. The predicted octanol–water partition coefficient (Wildman–Crippen LogP) is -0.280. The van der Waals surface area contributed by atoms with Gasteiger partial charge in [-0.2, -0.15) is 0 Å². The third-order valence-corrected chi connectivity index (χ3v) is 2.28. The van der Waals surface area contributed by atoms with Crippen LogP contribution in [-0.2, 0) is 9.59 Å². The molecule has 7 heteroatoms. The maximum atomic E-state index is 10.9. The Morgan fingerprint density at radius 2 is 1.83 bits per heavy atom. The number of nitrogens with one attached hydrogen (secondary N) is 1. The van der Waals surface area contributed by atoms with Crippen LogP contribution in [0.4, 0.5) is 0 Å². The minimum Gasteiger partial charge on any atom is -0.504 e. The molecular weight excluding hydrogens is 242 g/mol. The molecule has 0 aliphatic carbocycles. The molecule has 1 unspecified atom stereocenters. The number of carboxylic acid groups (broad SMARTS) is 1. The summed E-state index contributed by atoms with van der Waals surface area (Å²) >= 11 is 0. The summed E-state index contributed by atoms with van der Waals surface area (Å²) in [5.41, 5.74) is 0.0615. The fourth-order valence-corrected chi connectivity index (χ4v) is 1.41. The number of rotatable bonds is 4. The number of aliphatic carboxylic acids is 1. The van der Waals surface area contributed by atoms with E-state index >= 15 is 0 Å². The van der Waals surface area contributed by atoms with Crippen molar-refractivity contribution in [2.45, 2.75) is 19.1 Å². The van der Waals surface area contributed by atoms with E-state index in [0.717, 1.165) is 19.1 Å². The zero-order chi connectivity index (χ0) is 13.9. The van der Waals surface area contributed by atoms with Crippen molar-refractivity contribution in [2.24, 2.45) is 0 Å². The first kappa shape index (κ1) is 13.8. The molecule has 0 bridgehead atoms. The maximum absolute atomic E-state index is 10.9. The molecule has 0 heterocycles. The van der Waals surface area contributed by atoms with Gasteiger partial charge in [-0.3, -0.25) is 4.79 Å². The molecule has 0 aliphatic rings. The number of benzene rings is 1. The van der Waals surface area contributed by atoms with Gasteiger partial charge < -0.3 is 25.7 Å². The fourth-order valence-electron chi connectivity index (χ4n) is 1.41. The van der Waals surface area contributed by atoms with E-state index in [1.54, 1.807) is 0 Å². The van der Waals surface area contributed by atoms with Crippen LogP contribution in [0.25, 0.3) is 0 Å². The van der Waals surface area contributed by atoms with Crippen LogP contribution in [0, 0.1) is 0 Å². The number of phenols is 2. The predicted molar refractivity (Wildman–Crippen MR) is 60.0 cm³/mol. The van der Waals surface area contributed by atoms with E-state index in [-0.39, 0.29) is 5.56 Å². The van der Waals surface area contributed by atoms with E-state index in [2.05, 4.69) is 5.32 Å². The largest absolute Gasteiger partial charge is 0.504 e. The van der Waals surface area contributed by atoms with E-state index in [1.165, 1.54) is 6.07 Å². The van der Waals surface area contributed by atoms with E-state index in [1.807, 2.05) is 0 Å². The number of phenolic OH excluding ortho intramolecular Hbond substituents is 2. The molecule has 18 heavy (non-hydrogen) atoms. The van der Waals surface area contributed by atoms with Crippen LogP contribution < -0.4 is 5.32 Å². The molecule has 0 radical (unpaired) electrons. The van der Waals surface area contributed by atoms with Crippen LogP contribution >= 0.6 is 0 Å². The normalized spacial score (nSPS) is 13.7. The minimum atomic E-state index is -1.54. The Hall–Kier alpha value is -2.28. The van der Waals surface area contributed by atoms with E-state index in [4.69, 9.17) is 10.2 Å². The number of aliphatic hydroxyl groups excluding tert-OH is 1. The first-order valence-corrected chi connectivity index (χ1v) is 5.02. The van der Waals surface area contributed by atoms with Gasteiger partial charge in [0.2, 0.25) is 5.91 Å². The summed E-state index contributed by atoms with van der Waals surface area (Å²) < 4.78 is 0. The van der Waals surface area contributed by atoms with Crippen LogP contribution in [0.1, 0.15) is 18.6 Å².